The van der Waals surface area contributed by atoms with Gasteiger partial charge in [-0.3, -0.25) is 0 Å². The molecule has 1 fully saturated rings. The van der Waals surface area contributed by atoms with Gasteiger partial charge in [-0.15, -0.1) is 0 Å². The molecule has 0 bridgehead atoms. The molecule has 1 aliphatic carbocycles. The van der Waals surface area contributed by atoms with Crippen molar-refractivity contribution in [3.05, 3.63) is 0 Å². The van der Waals surface area contributed by atoms with E-state index in [9.17, 15) is 10.2 Å². The Bertz CT molecular complexity index is 192. The Morgan fingerprint density at radius 2 is 1.94 bits per heavy atom. The lowest BCUT2D eigenvalue weighted by molar-refractivity contribution is 0.0299. The molecule has 0 aromatic carbocycles. The van der Waals surface area contributed by atoms with Gasteiger partial charge in [0.25, 0.3) is 0 Å². The maximum absolute atomic E-state index is 10.1. The summed E-state index contributed by atoms with van der Waals surface area (Å²) in [5.74, 6) is 0.585. The first-order valence-corrected chi connectivity index (χ1v) is 6.71. The highest BCUT2D eigenvalue weighted by Crippen LogP contribution is 2.23. The van der Waals surface area contributed by atoms with E-state index in [1.807, 2.05) is 13.8 Å². The summed E-state index contributed by atoms with van der Waals surface area (Å²) in [6.45, 7) is 5.65. The standard InChI is InChI=1S/C13H27NO2/c1-3-13(16,4-2)10-14-9-11-6-5-7-12(15)8-11/h11-12,14-16H,3-10H2,1-2H3. The fraction of sp³-hybridized carbons (Fsp3) is 1.00. The predicted molar refractivity (Wildman–Crippen MR) is 66.4 cm³/mol. The van der Waals surface area contributed by atoms with E-state index >= 15 is 0 Å². The minimum Gasteiger partial charge on any atom is -0.393 e. The van der Waals surface area contributed by atoms with E-state index in [0.717, 1.165) is 38.6 Å². The molecule has 0 radical (unpaired) electrons. The fourth-order valence-electron chi connectivity index (χ4n) is 2.46. The van der Waals surface area contributed by atoms with Gasteiger partial charge in [0, 0.05) is 6.54 Å². The summed E-state index contributed by atoms with van der Waals surface area (Å²) in [6, 6.07) is 0. The molecule has 0 spiro atoms. The minimum atomic E-state index is -0.548. The molecule has 3 N–H and O–H groups in total. The summed E-state index contributed by atoms with van der Waals surface area (Å²) in [6.07, 6.45) is 5.72. The van der Waals surface area contributed by atoms with Crippen LogP contribution in [0.1, 0.15) is 52.4 Å². The highest BCUT2D eigenvalue weighted by Gasteiger charge is 2.23. The maximum Gasteiger partial charge on any atom is 0.0766 e. The van der Waals surface area contributed by atoms with Crippen molar-refractivity contribution < 1.29 is 10.2 Å². The summed E-state index contributed by atoms with van der Waals surface area (Å²) in [4.78, 5) is 0. The zero-order valence-corrected chi connectivity index (χ0v) is 10.7. The second-order valence-electron chi connectivity index (χ2n) is 5.25. The fourth-order valence-corrected chi connectivity index (χ4v) is 2.46. The summed E-state index contributed by atoms with van der Waals surface area (Å²) in [5.41, 5.74) is -0.548. The topological polar surface area (TPSA) is 52.5 Å². The van der Waals surface area contributed by atoms with Gasteiger partial charge in [-0.1, -0.05) is 20.3 Å². The summed E-state index contributed by atoms with van der Waals surface area (Å²) < 4.78 is 0. The molecule has 2 unspecified atom stereocenters. The zero-order valence-electron chi connectivity index (χ0n) is 10.7. The normalized spacial score (nSPS) is 27.0. The average molecular weight is 229 g/mol. The first kappa shape index (κ1) is 13.9. The van der Waals surface area contributed by atoms with E-state index in [2.05, 4.69) is 5.32 Å². The second kappa shape index (κ2) is 6.58. The monoisotopic (exact) mass is 229 g/mol. The Balaban J connectivity index is 2.19. The van der Waals surface area contributed by atoms with Gasteiger partial charge in [-0.2, -0.15) is 0 Å². The largest absolute Gasteiger partial charge is 0.393 e. The summed E-state index contributed by atoms with van der Waals surface area (Å²) in [5, 5.41) is 23.0. The molecular formula is C13H27NO2. The van der Waals surface area contributed by atoms with E-state index in [-0.39, 0.29) is 6.10 Å². The van der Waals surface area contributed by atoms with Gasteiger partial charge in [0.15, 0.2) is 0 Å². The van der Waals surface area contributed by atoms with Crippen LogP contribution in [0.15, 0.2) is 0 Å². The molecule has 16 heavy (non-hydrogen) atoms. The van der Waals surface area contributed by atoms with Crippen molar-refractivity contribution in [2.75, 3.05) is 13.1 Å². The van der Waals surface area contributed by atoms with Gasteiger partial charge in [0.2, 0.25) is 0 Å². The van der Waals surface area contributed by atoms with E-state index in [1.165, 1.54) is 6.42 Å². The third-order valence-electron chi connectivity index (χ3n) is 3.96. The quantitative estimate of drug-likeness (QED) is 0.649. The summed E-state index contributed by atoms with van der Waals surface area (Å²) >= 11 is 0. The van der Waals surface area contributed by atoms with Gasteiger partial charge in [-0.25, -0.2) is 0 Å². The Hall–Kier alpha value is -0.120. The molecule has 1 aliphatic rings. The van der Waals surface area contributed by atoms with Crippen LogP contribution in [0.4, 0.5) is 0 Å². The number of aliphatic hydroxyl groups excluding tert-OH is 1. The molecule has 0 saturated heterocycles. The van der Waals surface area contributed by atoms with E-state index < -0.39 is 5.60 Å². The van der Waals surface area contributed by atoms with Gasteiger partial charge >= 0.3 is 0 Å². The lowest BCUT2D eigenvalue weighted by atomic mass is 9.87. The SMILES string of the molecule is CCC(O)(CC)CNCC1CCCC(O)C1. The molecule has 0 heterocycles. The van der Waals surface area contributed by atoms with E-state index in [4.69, 9.17) is 0 Å². The summed E-state index contributed by atoms with van der Waals surface area (Å²) in [7, 11) is 0. The lowest BCUT2D eigenvalue weighted by Crippen LogP contribution is -2.41. The third kappa shape index (κ3) is 4.40. The number of aliphatic hydroxyl groups is 2. The molecule has 96 valence electrons. The number of hydrogen-bond acceptors (Lipinski definition) is 3. The van der Waals surface area contributed by atoms with Gasteiger partial charge in [0.1, 0.15) is 0 Å². The van der Waals surface area contributed by atoms with Crippen LogP contribution in [0.2, 0.25) is 0 Å². The van der Waals surface area contributed by atoms with Crippen molar-refractivity contribution >= 4 is 0 Å². The number of rotatable bonds is 6. The third-order valence-corrected chi connectivity index (χ3v) is 3.96. The highest BCUT2D eigenvalue weighted by atomic mass is 16.3. The Kier molecular flexibility index (Phi) is 5.73. The van der Waals surface area contributed by atoms with Gasteiger partial charge in [-0.05, 0) is 44.6 Å². The molecular weight excluding hydrogens is 202 g/mol. The molecule has 3 heteroatoms. The lowest BCUT2D eigenvalue weighted by Gasteiger charge is -2.29. The highest BCUT2D eigenvalue weighted by molar-refractivity contribution is 4.80. The molecule has 0 aromatic heterocycles. The zero-order chi connectivity index (χ0) is 12.0. The van der Waals surface area contributed by atoms with Crippen LogP contribution in [0.3, 0.4) is 0 Å². The van der Waals surface area contributed by atoms with Crippen LogP contribution in [0, 0.1) is 5.92 Å². The van der Waals surface area contributed by atoms with E-state index in [1.54, 1.807) is 0 Å². The van der Waals surface area contributed by atoms with Crippen LogP contribution in [0.25, 0.3) is 0 Å². The average Bonchev–Trinajstić information content (AvgIpc) is 2.29. The maximum atomic E-state index is 10.1. The van der Waals surface area contributed by atoms with Crippen molar-refractivity contribution in [1.82, 2.24) is 5.32 Å². The van der Waals surface area contributed by atoms with Crippen molar-refractivity contribution in [3.63, 3.8) is 0 Å². The van der Waals surface area contributed by atoms with Crippen LogP contribution in [0.5, 0.6) is 0 Å². The predicted octanol–water partition coefficient (Wildman–Crippen LogP) is 1.68. The van der Waals surface area contributed by atoms with Crippen molar-refractivity contribution in [2.45, 2.75) is 64.1 Å². The molecule has 1 rings (SSSR count). The Morgan fingerprint density at radius 3 is 2.50 bits per heavy atom. The molecule has 0 amide bonds. The number of nitrogens with one attached hydrogen (secondary N) is 1. The van der Waals surface area contributed by atoms with E-state index in [0.29, 0.717) is 12.5 Å². The van der Waals surface area contributed by atoms with Crippen LogP contribution < -0.4 is 5.32 Å². The molecule has 3 nitrogen and oxygen atoms in total. The number of hydrogen-bond donors (Lipinski definition) is 3. The molecule has 2 atom stereocenters. The molecule has 0 aliphatic heterocycles. The minimum absolute atomic E-state index is 0.100. The van der Waals surface area contributed by atoms with Crippen LogP contribution in [-0.2, 0) is 0 Å². The Labute approximate surface area is 99.3 Å². The van der Waals surface area contributed by atoms with Crippen LogP contribution in [-0.4, -0.2) is 35.0 Å². The smallest absolute Gasteiger partial charge is 0.0766 e. The van der Waals surface area contributed by atoms with Gasteiger partial charge < -0.3 is 15.5 Å². The van der Waals surface area contributed by atoms with Crippen LogP contribution >= 0.6 is 0 Å². The van der Waals surface area contributed by atoms with Gasteiger partial charge in [0.05, 0.1) is 11.7 Å². The molecule has 1 saturated carbocycles. The molecule has 0 aromatic rings. The van der Waals surface area contributed by atoms with Crippen molar-refractivity contribution in [3.8, 4) is 0 Å². The van der Waals surface area contributed by atoms with Crippen molar-refractivity contribution in [1.29, 1.82) is 0 Å². The first-order valence-electron chi connectivity index (χ1n) is 6.71. The van der Waals surface area contributed by atoms with Crippen molar-refractivity contribution in [2.24, 2.45) is 5.92 Å². The first-order chi connectivity index (χ1) is 7.59. The second-order valence-corrected chi connectivity index (χ2v) is 5.25. The Morgan fingerprint density at radius 1 is 1.25 bits per heavy atom.